The molecule has 0 aromatic rings. The Labute approximate surface area is 154 Å². The molecular formula is C15H25NO11. The number of hydrogen-bond acceptors (Lipinski definition) is 11. The van der Waals surface area contributed by atoms with Crippen molar-refractivity contribution < 1.29 is 55.1 Å². The molecule has 0 bridgehead atoms. The van der Waals surface area contributed by atoms with Crippen LogP contribution < -0.4 is 5.32 Å². The standard InChI is InChI=1S/C15H25NO11/c1-2-3-16-14(25)11(23)10(22)13(6(19)4-17)27-15-12(24)9(21)8(20)7(5-18)26-15/h6-13,15,17-24H,4-5H2,1H3,(H,16,25)/t6?,7-,8+,9+,10?,11?,12-,13?,15+/m1/s1. The van der Waals surface area contributed by atoms with Crippen molar-refractivity contribution in [1.29, 1.82) is 0 Å². The number of hydrogen-bond donors (Lipinski definition) is 9. The molecule has 1 fully saturated rings. The molecule has 27 heavy (non-hydrogen) atoms. The Balaban J connectivity index is 2.96. The summed E-state index contributed by atoms with van der Waals surface area (Å²) in [7, 11) is 0. The van der Waals surface area contributed by atoms with Crippen LogP contribution in [0.1, 0.15) is 6.92 Å². The van der Waals surface area contributed by atoms with Crippen LogP contribution in [0.25, 0.3) is 0 Å². The van der Waals surface area contributed by atoms with Gasteiger partial charge in [0.1, 0.15) is 42.7 Å². The van der Waals surface area contributed by atoms with E-state index < -0.39 is 74.2 Å². The fourth-order valence-corrected chi connectivity index (χ4v) is 2.37. The molecular weight excluding hydrogens is 370 g/mol. The molecule has 0 spiro atoms. The summed E-state index contributed by atoms with van der Waals surface area (Å²) < 4.78 is 10.2. The third-order valence-corrected chi connectivity index (χ3v) is 3.95. The maximum Gasteiger partial charge on any atom is 0.263 e. The summed E-state index contributed by atoms with van der Waals surface area (Å²) in [6.45, 7) is -0.298. The molecule has 156 valence electrons. The van der Waals surface area contributed by atoms with E-state index in [0.29, 0.717) is 0 Å². The molecule has 12 heteroatoms. The zero-order valence-corrected chi connectivity index (χ0v) is 14.4. The van der Waals surface area contributed by atoms with Gasteiger partial charge in [0.2, 0.25) is 0 Å². The molecule has 4 unspecified atom stereocenters. The summed E-state index contributed by atoms with van der Waals surface area (Å²) in [5, 5.41) is 79.5. The molecule has 0 radical (unpaired) electrons. The molecule has 0 aliphatic carbocycles. The van der Waals surface area contributed by atoms with Crippen LogP contribution in [-0.4, -0.2) is 115 Å². The monoisotopic (exact) mass is 395 g/mol. The third-order valence-electron chi connectivity index (χ3n) is 3.95. The number of carbonyl (C=O) groups excluding carboxylic acids is 1. The number of aliphatic hydroxyl groups is 8. The molecule has 1 rings (SSSR count). The molecule has 12 nitrogen and oxygen atoms in total. The van der Waals surface area contributed by atoms with Crippen molar-refractivity contribution in [3.8, 4) is 12.0 Å². The highest BCUT2D eigenvalue weighted by Crippen LogP contribution is 2.25. The van der Waals surface area contributed by atoms with E-state index in [9.17, 15) is 35.4 Å². The minimum atomic E-state index is -2.14. The lowest BCUT2D eigenvalue weighted by atomic mass is 9.98. The topological polar surface area (TPSA) is 209 Å². The van der Waals surface area contributed by atoms with Crippen molar-refractivity contribution in [3.63, 3.8) is 0 Å². The first-order valence-electron chi connectivity index (χ1n) is 8.02. The van der Waals surface area contributed by atoms with E-state index in [2.05, 4.69) is 12.0 Å². The predicted molar refractivity (Wildman–Crippen MR) is 85.3 cm³/mol. The maximum atomic E-state index is 11.7. The summed E-state index contributed by atoms with van der Waals surface area (Å²) in [5.74, 6) is 1.20. The molecule has 1 amide bonds. The van der Waals surface area contributed by atoms with E-state index in [1.807, 2.05) is 5.32 Å². The number of carbonyl (C=O) groups is 1. The third kappa shape index (κ3) is 5.80. The van der Waals surface area contributed by atoms with Crippen molar-refractivity contribution in [1.82, 2.24) is 5.32 Å². The number of aliphatic hydroxyl groups excluding tert-OH is 8. The number of nitrogens with one attached hydrogen (secondary N) is 1. The molecule has 1 aliphatic rings. The van der Waals surface area contributed by atoms with E-state index in [4.69, 9.17) is 19.7 Å². The minimum Gasteiger partial charge on any atom is -0.394 e. The average Bonchev–Trinajstić information content (AvgIpc) is 2.68. The van der Waals surface area contributed by atoms with Gasteiger partial charge in [0.15, 0.2) is 12.4 Å². The summed E-state index contributed by atoms with van der Waals surface area (Å²) in [5.41, 5.74) is 0. The van der Waals surface area contributed by atoms with Crippen LogP contribution in [0.15, 0.2) is 0 Å². The van der Waals surface area contributed by atoms with Crippen molar-refractivity contribution in [2.45, 2.75) is 62.0 Å². The largest absolute Gasteiger partial charge is 0.394 e. The molecule has 0 saturated carbocycles. The Morgan fingerprint density at radius 3 is 2.30 bits per heavy atom. The van der Waals surface area contributed by atoms with Crippen LogP contribution in [0.4, 0.5) is 0 Å². The minimum absolute atomic E-state index is 0.749. The Morgan fingerprint density at radius 1 is 1.15 bits per heavy atom. The molecule has 0 aromatic heterocycles. The van der Waals surface area contributed by atoms with Crippen LogP contribution >= 0.6 is 0 Å². The van der Waals surface area contributed by atoms with Crippen LogP contribution in [0.2, 0.25) is 0 Å². The van der Waals surface area contributed by atoms with Gasteiger partial charge >= 0.3 is 0 Å². The maximum absolute atomic E-state index is 11.7. The van der Waals surface area contributed by atoms with Gasteiger partial charge in [-0.25, -0.2) is 0 Å². The Morgan fingerprint density at radius 2 is 1.78 bits per heavy atom. The predicted octanol–water partition coefficient (Wildman–Crippen LogP) is -5.66. The van der Waals surface area contributed by atoms with Gasteiger partial charge in [0.05, 0.1) is 13.2 Å². The van der Waals surface area contributed by atoms with Gasteiger partial charge in [0.25, 0.3) is 5.91 Å². The average molecular weight is 395 g/mol. The van der Waals surface area contributed by atoms with Gasteiger partial charge in [0, 0.05) is 6.04 Å². The summed E-state index contributed by atoms with van der Waals surface area (Å²) in [6.07, 6.45) is -16.3. The Bertz CT molecular complexity index is 534. The summed E-state index contributed by atoms with van der Waals surface area (Å²) in [4.78, 5) is 11.7. The van der Waals surface area contributed by atoms with Crippen molar-refractivity contribution >= 4 is 5.91 Å². The SMILES string of the molecule is CC#CNC(=O)C(O)C(O)C(O[C@@H]1O[C@H](CO)[C@H](O)[C@H](O)[C@H]1O)C(O)CO. The summed E-state index contributed by atoms with van der Waals surface area (Å²) >= 11 is 0. The second-order valence-corrected chi connectivity index (χ2v) is 5.85. The van der Waals surface area contributed by atoms with Gasteiger partial charge in [-0.1, -0.05) is 5.92 Å². The zero-order valence-electron chi connectivity index (χ0n) is 14.4. The van der Waals surface area contributed by atoms with Crippen molar-refractivity contribution in [2.24, 2.45) is 0 Å². The highest BCUT2D eigenvalue weighted by molar-refractivity contribution is 5.82. The number of ether oxygens (including phenoxy) is 2. The second-order valence-electron chi connectivity index (χ2n) is 5.85. The van der Waals surface area contributed by atoms with Crippen LogP contribution in [-0.2, 0) is 14.3 Å². The van der Waals surface area contributed by atoms with E-state index >= 15 is 0 Å². The number of rotatable bonds is 8. The van der Waals surface area contributed by atoms with E-state index in [0.717, 1.165) is 0 Å². The molecule has 1 saturated heterocycles. The second kappa shape index (κ2) is 10.8. The smallest absolute Gasteiger partial charge is 0.263 e. The molecule has 9 atom stereocenters. The lowest BCUT2D eigenvalue weighted by molar-refractivity contribution is -0.326. The van der Waals surface area contributed by atoms with Crippen molar-refractivity contribution in [2.75, 3.05) is 13.2 Å². The normalized spacial score (nSPS) is 32.6. The van der Waals surface area contributed by atoms with Gasteiger partial charge in [-0.15, -0.1) is 0 Å². The van der Waals surface area contributed by atoms with Crippen molar-refractivity contribution in [3.05, 3.63) is 0 Å². The van der Waals surface area contributed by atoms with Gasteiger partial charge in [-0.05, 0) is 6.92 Å². The molecule has 1 aliphatic heterocycles. The Kier molecular flexibility index (Phi) is 9.50. The fourth-order valence-electron chi connectivity index (χ4n) is 2.37. The van der Waals surface area contributed by atoms with Crippen LogP contribution in [0.5, 0.6) is 0 Å². The first-order valence-corrected chi connectivity index (χ1v) is 8.02. The van der Waals surface area contributed by atoms with E-state index in [1.54, 1.807) is 0 Å². The lowest BCUT2D eigenvalue weighted by Gasteiger charge is -2.42. The highest BCUT2D eigenvalue weighted by Gasteiger charge is 2.47. The van der Waals surface area contributed by atoms with E-state index in [1.165, 1.54) is 6.92 Å². The fraction of sp³-hybridized carbons (Fsp3) is 0.800. The zero-order chi connectivity index (χ0) is 20.7. The first kappa shape index (κ1) is 23.7. The number of amides is 1. The van der Waals surface area contributed by atoms with Gasteiger partial charge < -0.3 is 50.3 Å². The first-order chi connectivity index (χ1) is 12.7. The molecule has 0 aromatic carbocycles. The van der Waals surface area contributed by atoms with E-state index in [-0.39, 0.29) is 0 Å². The van der Waals surface area contributed by atoms with Crippen LogP contribution in [0, 0.1) is 12.0 Å². The van der Waals surface area contributed by atoms with Gasteiger partial charge in [-0.3, -0.25) is 10.1 Å². The highest BCUT2D eigenvalue weighted by atomic mass is 16.7. The molecule has 9 N–H and O–H groups in total. The quantitative estimate of drug-likeness (QED) is 0.140. The molecule has 1 heterocycles. The van der Waals surface area contributed by atoms with Gasteiger partial charge in [-0.2, -0.15) is 0 Å². The Hall–Kier alpha value is -1.37. The summed E-state index contributed by atoms with van der Waals surface area (Å²) in [6, 6.07) is 2.15. The lowest BCUT2D eigenvalue weighted by Crippen LogP contribution is -2.62. The van der Waals surface area contributed by atoms with Crippen LogP contribution in [0.3, 0.4) is 0 Å².